The number of hydrogen-bond donors (Lipinski definition) is 1. The topological polar surface area (TPSA) is 71.5 Å². The Balaban J connectivity index is 1.41. The Labute approximate surface area is 180 Å². The Morgan fingerprint density at radius 2 is 2.10 bits per heavy atom. The van der Waals surface area contributed by atoms with E-state index in [0.29, 0.717) is 50.3 Å². The molecule has 2 amide bonds. The smallest absolute Gasteiger partial charge is 0.246 e. The van der Waals surface area contributed by atoms with Gasteiger partial charge in [0.25, 0.3) is 0 Å². The van der Waals surface area contributed by atoms with E-state index in [9.17, 15) is 14.0 Å². The molecule has 0 saturated heterocycles. The first-order valence-corrected chi connectivity index (χ1v) is 10.3. The number of aromatic nitrogens is 1. The van der Waals surface area contributed by atoms with Crippen LogP contribution in [-0.2, 0) is 16.0 Å². The zero-order chi connectivity index (χ0) is 21.8. The third-order valence-electron chi connectivity index (χ3n) is 5.55. The second-order valence-corrected chi connectivity index (χ2v) is 7.60. The molecule has 2 aromatic rings. The number of carbonyl (C=O) groups is 2. The van der Waals surface area contributed by atoms with Gasteiger partial charge in [0.15, 0.2) is 0 Å². The van der Waals surface area contributed by atoms with E-state index in [1.54, 1.807) is 36.4 Å². The lowest BCUT2D eigenvalue weighted by atomic mass is 10.0. The van der Waals surface area contributed by atoms with E-state index >= 15 is 0 Å². The molecule has 0 fully saturated rings. The zero-order valence-corrected chi connectivity index (χ0v) is 17.4. The zero-order valence-electron chi connectivity index (χ0n) is 17.4. The van der Waals surface area contributed by atoms with Gasteiger partial charge in [-0.1, -0.05) is 6.08 Å². The van der Waals surface area contributed by atoms with Crippen LogP contribution in [0.1, 0.15) is 36.0 Å². The largest absolute Gasteiger partial charge is 0.496 e. The number of aryl methyl sites for hydroxylation is 1. The van der Waals surface area contributed by atoms with Crippen LogP contribution in [0.4, 0.5) is 10.2 Å². The van der Waals surface area contributed by atoms with Crippen molar-refractivity contribution in [2.45, 2.75) is 25.7 Å². The lowest BCUT2D eigenvalue weighted by molar-refractivity contribution is -0.125. The Bertz CT molecular complexity index is 1080. The molecule has 2 aliphatic rings. The molecule has 2 aliphatic heterocycles. The lowest BCUT2D eigenvalue weighted by Gasteiger charge is -2.19. The highest BCUT2D eigenvalue weighted by Gasteiger charge is 2.18. The average molecular weight is 421 g/mol. The molecule has 7 heteroatoms. The first-order valence-electron chi connectivity index (χ1n) is 10.3. The Morgan fingerprint density at radius 1 is 1.23 bits per heavy atom. The van der Waals surface area contributed by atoms with Crippen LogP contribution in [-0.4, -0.2) is 41.9 Å². The molecule has 0 spiro atoms. The number of ether oxygens (including phenoxy) is 1. The maximum absolute atomic E-state index is 13.7. The summed E-state index contributed by atoms with van der Waals surface area (Å²) in [4.78, 5) is 30.3. The molecule has 1 aromatic carbocycles. The van der Waals surface area contributed by atoms with Crippen LogP contribution in [0.3, 0.4) is 0 Å². The van der Waals surface area contributed by atoms with E-state index in [-0.39, 0.29) is 17.6 Å². The van der Waals surface area contributed by atoms with Crippen molar-refractivity contribution in [3.05, 3.63) is 65.1 Å². The predicted octanol–water partition coefficient (Wildman–Crippen LogP) is 3.83. The number of halogens is 1. The Kier molecular flexibility index (Phi) is 6.11. The fraction of sp³-hybridized carbons (Fsp3) is 0.292. The van der Waals surface area contributed by atoms with Gasteiger partial charge in [-0.25, -0.2) is 9.37 Å². The standard InChI is InChI=1S/C24H24FN3O3/c1-31-21-7-6-19(25)14-20(21)17-3-2-11-28(12-10-17)23(30)9-4-16-13-18-5-8-22(29)27-24(18)26-15-16/h3-4,6-7,9,13-15H,2,5,8,10-12H2,1H3,(H,26,27,29). The van der Waals surface area contributed by atoms with Gasteiger partial charge in [0.05, 0.1) is 7.11 Å². The fourth-order valence-corrected chi connectivity index (χ4v) is 3.90. The number of fused-ring (bicyclic) bond motifs is 1. The summed E-state index contributed by atoms with van der Waals surface area (Å²) in [5.41, 5.74) is 3.51. The molecule has 160 valence electrons. The van der Waals surface area contributed by atoms with Crippen LogP contribution in [0.5, 0.6) is 5.75 Å². The summed E-state index contributed by atoms with van der Waals surface area (Å²) >= 11 is 0. The van der Waals surface area contributed by atoms with Gasteiger partial charge >= 0.3 is 0 Å². The summed E-state index contributed by atoms with van der Waals surface area (Å²) in [6, 6.07) is 6.43. The maximum atomic E-state index is 13.7. The van der Waals surface area contributed by atoms with Gasteiger partial charge < -0.3 is 15.0 Å². The van der Waals surface area contributed by atoms with Gasteiger partial charge in [0, 0.05) is 37.3 Å². The second-order valence-electron chi connectivity index (χ2n) is 7.60. The van der Waals surface area contributed by atoms with Crippen molar-refractivity contribution in [3.8, 4) is 5.75 Å². The van der Waals surface area contributed by atoms with Gasteiger partial charge in [0.1, 0.15) is 17.4 Å². The molecule has 0 saturated carbocycles. The number of anilines is 1. The summed E-state index contributed by atoms with van der Waals surface area (Å²) in [6.07, 6.45) is 9.41. The summed E-state index contributed by atoms with van der Waals surface area (Å²) < 4.78 is 19.1. The third kappa shape index (κ3) is 4.82. The Morgan fingerprint density at radius 3 is 2.94 bits per heavy atom. The van der Waals surface area contributed by atoms with Gasteiger partial charge in [-0.05, 0) is 66.3 Å². The second kappa shape index (κ2) is 9.12. The molecule has 0 atom stereocenters. The van der Waals surface area contributed by atoms with Crippen LogP contribution in [0.15, 0.2) is 42.6 Å². The summed E-state index contributed by atoms with van der Waals surface area (Å²) in [5.74, 6) is 0.812. The van der Waals surface area contributed by atoms with Crippen LogP contribution in [0.25, 0.3) is 11.6 Å². The van der Waals surface area contributed by atoms with Crippen LogP contribution < -0.4 is 10.1 Å². The first-order chi connectivity index (χ1) is 15.0. The van der Waals surface area contributed by atoms with Crippen molar-refractivity contribution in [2.75, 3.05) is 25.5 Å². The van der Waals surface area contributed by atoms with Crippen molar-refractivity contribution in [3.63, 3.8) is 0 Å². The maximum Gasteiger partial charge on any atom is 0.246 e. The van der Waals surface area contributed by atoms with E-state index < -0.39 is 0 Å². The SMILES string of the molecule is COc1ccc(F)cc1C1=CCCN(C(=O)C=Cc2cnc3c(c2)CCC(=O)N3)CC1. The number of nitrogens with zero attached hydrogens (tertiary/aromatic N) is 2. The highest BCUT2D eigenvalue weighted by Crippen LogP contribution is 2.31. The van der Waals surface area contributed by atoms with E-state index in [2.05, 4.69) is 16.4 Å². The highest BCUT2D eigenvalue weighted by molar-refractivity contribution is 5.94. The first kappa shape index (κ1) is 20.8. The molecule has 31 heavy (non-hydrogen) atoms. The van der Waals surface area contributed by atoms with E-state index in [4.69, 9.17) is 4.74 Å². The fourth-order valence-electron chi connectivity index (χ4n) is 3.90. The molecule has 1 N–H and O–H groups in total. The van der Waals surface area contributed by atoms with E-state index in [0.717, 1.165) is 22.3 Å². The number of pyridine rings is 1. The normalized spacial score (nSPS) is 16.4. The number of methoxy groups -OCH3 is 1. The number of amides is 2. The highest BCUT2D eigenvalue weighted by atomic mass is 19.1. The van der Waals surface area contributed by atoms with Gasteiger partial charge in [-0.2, -0.15) is 0 Å². The predicted molar refractivity (Wildman–Crippen MR) is 117 cm³/mol. The molecule has 0 aliphatic carbocycles. The summed E-state index contributed by atoms with van der Waals surface area (Å²) in [5, 5.41) is 2.75. The van der Waals surface area contributed by atoms with E-state index in [1.165, 1.54) is 12.1 Å². The molecule has 0 radical (unpaired) electrons. The van der Waals surface area contributed by atoms with Crippen LogP contribution in [0, 0.1) is 5.82 Å². The lowest BCUT2D eigenvalue weighted by Crippen LogP contribution is -2.30. The van der Waals surface area contributed by atoms with E-state index in [1.807, 2.05) is 6.07 Å². The number of benzene rings is 1. The summed E-state index contributed by atoms with van der Waals surface area (Å²) in [7, 11) is 1.57. The molecular formula is C24H24FN3O3. The van der Waals surface area contributed by atoms with Gasteiger partial charge in [-0.3, -0.25) is 9.59 Å². The quantitative estimate of drug-likeness (QED) is 0.762. The molecule has 4 rings (SSSR count). The molecule has 3 heterocycles. The van der Waals surface area contributed by atoms with Crippen molar-refractivity contribution >= 4 is 29.3 Å². The minimum atomic E-state index is -0.310. The molecule has 1 aromatic heterocycles. The minimum Gasteiger partial charge on any atom is -0.496 e. The molecule has 0 bridgehead atoms. The van der Waals surface area contributed by atoms with Crippen LogP contribution in [0.2, 0.25) is 0 Å². The molecule has 6 nitrogen and oxygen atoms in total. The van der Waals surface area contributed by atoms with Gasteiger partial charge in [-0.15, -0.1) is 0 Å². The minimum absolute atomic E-state index is 0.0246. The average Bonchev–Trinajstić information content (AvgIpc) is 3.03. The van der Waals surface area contributed by atoms with Crippen molar-refractivity contribution < 1.29 is 18.7 Å². The molecule has 0 unspecified atom stereocenters. The number of nitrogens with one attached hydrogen (secondary N) is 1. The van der Waals surface area contributed by atoms with Crippen molar-refractivity contribution in [2.24, 2.45) is 0 Å². The number of rotatable bonds is 4. The van der Waals surface area contributed by atoms with Crippen LogP contribution >= 0.6 is 0 Å². The van der Waals surface area contributed by atoms with Crippen molar-refractivity contribution in [1.82, 2.24) is 9.88 Å². The number of hydrogen-bond acceptors (Lipinski definition) is 4. The third-order valence-corrected chi connectivity index (χ3v) is 5.55. The number of carbonyl (C=O) groups excluding carboxylic acids is 2. The summed E-state index contributed by atoms with van der Waals surface area (Å²) in [6.45, 7) is 1.14. The Hall–Kier alpha value is -3.48. The van der Waals surface area contributed by atoms with Crippen molar-refractivity contribution in [1.29, 1.82) is 0 Å². The van der Waals surface area contributed by atoms with Gasteiger partial charge in [0.2, 0.25) is 11.8 Å². The molecular weight excluding hydrogens is 397 g/mol. The monoisotopic (exact) mass is 421 g/mol.